The van der Waals surface area contributed by atoms with Crippen molar-refractivity contribution in [2.75, 3.05) is 0 Å². The minimum atomic E-state index is -0.516. The van der Waals surface area contributed by atoms with Gasteiger partial charge in [0.1, 0.15) is 5.75 Å². The summed E-state index contributed by atoms with van der Waals surface area (Å²) in [5.41, 5.74) is 0.759. The first kappa shape index (κ1) is 15.0. The summed E-state index contributed by atoms with van der Waals surface area (Å²) >= 11 is 3.39. The molecule has 0 aliphatic rings. The molecule has 1 N–H and O–H groups in total. The third-order valence-corrected chi connectivity index (χ3v) is 2.81. The molecule has 0 saturated heterocycles. The number of benzene rings is 1. The second-order valence-electron chi connectivity index (χ2n) is 5.41. The lowest BCUT2D eigenvalue weighted by atomic mass is 10.1. The van der Waals surface area contributed by atoms with E-state index in [9.17, 15) is 4.79 Å². The number of carbonyl (C=O) groups is 1. The fourth-order valence-electron chi connectivity index (χ4n) is 1.42. The molecule has 0 bridgehead atoms. The zero-order chi connectivity index (χ0) is 13.9. The largest absolute Gasteiger partial charge is 0.481 e. The van der Waals surface area contributed by atoms with Gasteiger partial charge >= 0.3 is 0 Å². The van der Waals surface area contributed by atoms with Crippen molar-refractivity contribution in [2.45, 2.75) is 46.3 Å². The van der Waals surface area contributed by atoms with E-state index in [2.05, 4.69) is 21.2 Å². The normalized spacial score (nSPS) is 13.0. The van der Waals surface area contributed by atoms with E-state index in [0.29, 0.717) is 0 Å². The van der Waals surface area contributed by atoms with Crippen molar-refractivity contribution in [2.24, 2.45) is 0 Å². The lowest BCUT2D eigenvalue weighted by Crippen LogP contribution is -2.46. The van der Waals surface area contributed by atoms with Crippen molar-refractivity contribution in [3.8, 4) is 5.75 Å². The van der Waals surface area contributed by atoms with Crippen LogP contribution in [0.2, 0.25) is 0 Å². The average molecular weight is 314 g/mol. The Hall–Kier alpha value is -1.03. The second kappa shape index (κ2) is 5.74. The van der Waals surface area contributed by atoms with Crippen LogP contribution in [0.15, 0.2) is 22.7 Å². The van der Waals surface area contributed by atoms with Crippen LogP contribution < -0.4 is 10.1 Å². The summed E-state index contributed by atoms with van der Waals surface area (Å²) in [7, 11) is 0. The molecule has 0 saturated carbocycles. The van der Waals surface area contributed by atoms with E-state index in [1.807, 2.05) is 45.9 Å². The second-order valence-corrected chi connectivity index (χ2v) is 6.32. The van der Waals surface area contributed by atoms with Crippen LogP contribution in [0.4, 0.5) is 0 Å². The van der Waals surface area contributed by atoms with Crippen molar-refractivity contribution >= 4 is 21.8 Å². The van der Waals surface area contributed by atoms with Crippen LogP contribution in [0.5, 0.6) is 5.75 Å². The number of hydrogen-bond acceptors (Lipinski definition) is 2. The van der Waals surface area contributed by atoms with Gasteiger partial charge in [0.15, 0.2) is 6.10 Å². The molecular formula is C14H20BrNO2. The van der Waals surface area contributed by atoms with Gasteiger partial charge in [0.05, 0.1) is 0 Å². The molecule has 0 radical (unpaired) electrons. The molecular weight excluding hydrogens is 294 g/mol. The predicted molar refractivity (Wildman–Crippen MR) is 76.9 cm³/mol. The van der Waals surface area contributed by atoms with Gasteiger partial charge in [0.2, 0.25) is 0 Å². The number of hydrogen-bond donors (Lipinski definition) is 1. The maximum atomic E-state index is 11.9. The molecule has 18 heavy (non-hydrogen) atoms. The smallest absolute Gasteiger partial charge is 0.261 e. The van der Waals surface area contributed by atoms with E-state index >= 15 is 0 Å². The first-order chi connectivity index (χ1) is 8.19. The molecule has 1 aromatic carbocycles. The van der Waals surface area contributed by atoms with Gasteiger partial charge in [-0.2, -0.15) is 0 Å². The first-order valence-corrected chi connectivity index (χ1v) is 6.73. The molecule has 0 spiro atoms. The van der Waals surface area contributed by atoms with Gasteiger partial charge < -0.3 is 10.1 Å². The van der Waals surface area contributed by atoms with Gasteiger partial charge in [-0.3, -0.25) is 4.79 Å². The van der Waals surface area contributed by atoms with E-state index in [0.717, 1.165) is 15.8 Å². The van der Waals surface area contributed by atoms with Gasteiger partial charge in [-0.05, 0) is 52.3 Å². The van der Waals surface area contributed by atoms with E-state index in [-0.39, 0.29) is 11.4 Å². The number of rotatable bonds is 3. The molecule has 0 aromatic heterocycles. The Morgan fingerprint density at radius 1 is 1.39 bits per heavy atom. The van der Waals surface area contributed by atoms with Crippen molar-refractivity contribution in [3.05, 3.63) is 28.2 Å². The summed E-state index contributed by atoms with van der Waals surface area (Å²) in [6.45, 7) is 9.55. The molecule has 0 aliphatic carbocycles. The third-order valence-electron chi connectivity index (χ3n) is 2.32. The number of halogens is 1. The Bertz CT molecular complexity index is 438. The number of nitrogens with one attached hydrogen (secondary N) is 1. The van der Waals surface area contributed by atoms with Crippen LogP contribution in [0.3, 0.4) is 0 Å². The Kier molecular flexibility index (Phi) is 4.79. The van der Waals surface area contributed by atoms with Crippen molar-refractivity contribution in [1.29, 1.82) is 0 Å². The zero-order valence-electron chi connectivity index (χ0n) is 11.5. The zero-order valence-corrected chi connectivity index (χ0v) is 13.1. The predicted octanol–water partition coefficient (Wildman–Crippen LogP) is 3.44. The summed E-state index contributed by atoms with van der Waals surface area (Å²) < 4.78 is 6.63. The third kappa shape index (κ3) is 4.69. The molecule has 3 nitrogen and oxygen atoms in total. The molecule has 1 rings (SSSR count). The quantitative estimate of drug-likeness (QED) is 0.928. The van der Waals surface area contributed by atoms with E-state index in [1.54, 1.807) is 6.92 Å². The van der Waals surface area contributed by atoms with E-state index < -0.39 is 6.10 Å². The standard InChI is InChI=1S/C14H20BrNO2/c1-9-6-7-11(15)8-12(9)18-10(2)13(17)16-14(3,4)5/h6-8,10H,1-5H3,(H,16,17). The van der Waals surface area contributed by atoms with Gasteiger partial charge in [0, 0.05) is 10.0 Å². The van der Waals surface area contributed by atoms with E-state index in [4.69, 9.17) is 4.74 Å². The molecule has 100 valence electrons. The molecule has 4 heteroatoms. The summed E-state index contributed by atoms with van der Waals surface area (Å²) in [6, 6.07) is 5.77. The van der Waals surface area contributed by atoms with Gasteiger partial charge in [0.25, 0.3) is 5.91 Å². The highest BCUT2D eigenvalue weighted by molar-refractivity contribution is 9.10. The van der Waals surface area contributed by atoms with Crippen molar-refractivity contribution in [1.82, 2.24) is 5.32 Å². The molecule has 1 aromatic rings. The van der Waals surface area contributed by atoms with Crippen molar-refractivity contribution < 1.29 is 9.53 Å². The summed E-state index contributed by atoms with van der Waals surface area (Å²) in [6.07, 6.45) is -0.516. The number of aryl methyl sites for hydroxylation is 1. The Balaban J connectivity index is 2.72. The monoisotopic (exact) mass is 313 g/mol. The summed E-state index contributed by atoms with van der Waals surface area (Å²) in [5.74, 6) is 0.614. The molecule has 0 aliphatic heterocycles. The molecule has 1 unspecified atom stereocenters. The fraction of sp³-hybridized carbons (Fsp3) is 0.500. The number of amides is 1. The molecule has 1 amide bonds. The highest BCUT2D eigenvalue weighted by Gasteiger charge is 2.20. The molecule has 1 atom stereocenters. The fourth-order valence-corrected chi connectivity index (χ4v) is 1.76. The van der Waals surface area contributed by atoms with Crippen LogP contribution in [0, 0.1) is 6.92 Å². The number of carbonyl (C=O) groups excluding carboxylic acids is 1. The van der Waals surface area contributed by atoms with Crippen LogP contribution >= 0.6 is 15.9 Å². The lowest BCUT2D eigenvalue weighted by Gasteiger charge is -2.24. The number of ether oxygens (including phenoxy) is 1. The average Bonchev–Trinajstić information content (AvgIpc) is 2.21. The minimum absolute atomic E-state index is 0.109. The Morgan fingerprint density at radius 2 is 2.00 bits per heavy atom. The van der Waals surface area contributed by atoms with Crippen LogP contribution in [-0.4, -0.2) is 17.6 Å². The summed E-state index contributed by atoms with van der Waals surface area (Å²) in [4.78, 5) is 11.9. The topological polar surface area (TPSA) is 38.3 Å². The molecule has 0 fully saturated rings. The van der Waals surface area contributed by atoms with Crippen LogP contribution in [0.1, 0.15) is 33.3 Å². The SMILES string of the molecule is Cc1ccc(Br)cc1OC(C)C(=O)NC(C)(C)C. The maximum absolute atomic E-state index is 11.9. The Morgan fingerprint density at radius 3 is 2.56 bits per heavy atom. The van der Waals surface area contributed by atoms with Crippen molar-refractivity contribution in [3.63, 3.8) is 0 Å². The van der Waals surface area contributed by atoms with Gasteiger partial charge in [-0.15, -0.1) is 0 Å². The van der Waals surface area contributed by atoms with E-state index in [1.165, 1.54) is 0 Å². The van der Waals surface area contributed by atoms with Crippen LogP contribution in [-0.2, 0) is 4.79 Å². The lowest BCUT2D eigenvalue weighted by molar-refractivity contribution is -0.128. The maximum Gasteiger partial charge on any atom is 0.261 e. The first-order valence-electron chi connectivity index (χ1n) is 5.94. The minimum Gasteiger partial charge on any atom is -0.481 e. The highest BCUT2D eigenvalue weighted by Crippen LogP contribution is 2.24. The van der Waals surface area contributed by atoms with Crippen LogP contribution in [0.25, 0.3) is 0 Å². The molecule has 0 heterocycles. The Labute approximate surface area is 117 Å². The summed E-state index contributed by atoms with van der Waals surface area (Å²) in [5, 5.41) is 2.90. The van der Waals surface area contributed by atoms with Gasteiger partial charge in [-0.25, -0.2) is 0 Å². The van der Waals surface area contributed by atoms with Gasteiger partial charge in [-0.1, -0.05) is 22.0 Å². The highest BCUT2D eigenvalue weighted by atomic mass is 79.9.